The minimum absolute atomic E-state index is 0.318. The van der Waals surface area contributed by atoms with E-state index in [9.17, 15) is 0 Å². The lowest BCUT2D eigenvalue weighted by molar-refractivity contribution is 0.574. The van der Waals surface area contributed by atoms with Crippen LogP contribution in [0.25, 0.3) is 19.8 Å². The summed E-state index contributed by atoms with van der Waals surface area (Å²) in [4.78, 5) is 5.57. The zero-order valence-electron chi connectivity index (χ0n) is 22.9. The van der Waals surface area contributed by atoms with E-state index in [1.54, 1.807) is 0 Å². The van der Waals surface area contributed by atoms with Crippen LogP contribution in [0.15, 0.2) is 75.7 Å². The number of unbranched alkanes of at least 4 members (excludes halogenated alkanes) is 6. The molecular weight excluding hydrogens is 696 g/mol. The van der Waals surface area contributed by atoms with Gasteiger partial charge in [0.15, 0.2) is 0 Å². The minimum Gasteiger partial charge on any atom is -0.171 e. The van der Waals surface area contributed by atoms with Gasteiger partial charge >= 0.3 is 0 Å². The van der Waals surface area contributed by atoms with Gasteiger partial charge in [-0.1, -0.05) is 110 Å². The molecule has 0 fully saturated rings. The first kappa shape index (κ1) is 30.6. The molecule has 0 aliphatic carbocycles. The van der Waals surface area contributed by atoms with Crippen molar-refractivity contribution in [1.82, 2.24) is 0 Å². The van der Waals surface area contributed by atoms with E-state index in [-0.39, 0.29) is 0 Å². The predicted octanol–water partition coefficient (Wildman–Crippen LogP) is 13.5. The largest absolute Gasteiger partial charge is 0.171 e. The van der Waals surface area contributed by atoms with Gasteiger partial charge in [0.25, 0.3) is 0 Å². The highest BCUT2D eigenvalue weighted by molar-refractivity contribution is 9.10. The maximum Gasteiger partial charge on any atom is 0.0456 e. The van der Waals surface area contributed by atoms with Crippen LogP contribution in [0.1, 0.15) is 89.3 Å². The molecule has 0 aliphatic rings. The summed E-state index contributed by atoms with van der Waals surface area (Å²) in [6.45, 7) is 2.28. The third-order valence-corrected chi connectivity index (χ3v) is 13.1. The van der Waals surface area contributed by atoms with Crippen molar-refractivity contribution in [1.29, 1.82) is 0 Å². The molecule has 0 radical (unpaired) electrons. The van der Waals surface area contributed by atoms with Crippen LogP contribution in [0.4, 0.5) is 0 Å². The Bertz CT molecular complexity index is 1480. The van der Waals surface area contributed by atoms with Crippen LogP contribution in [0.2, 0.25) is 0 Å². The fourth-order valence-corrected chi connectivity index (χ4v) is 10.4. The highest BCUT2D eigenvalue weighted by Gasteiger charge is 2.14. The SMILES string of the molecule is CCCCCCCCCC(S)c1ccc(Cc2cc3sc(Cc4sc(-c5ccccc5)cc4Br)cc3s2)c(Br)c1. The van der Waals surface area contributed by atoms with Crippen LogP contribution in [0, 0.1) is 0 Å². The van der Waals surface area contributed by atoms with Gasteiger partial charge in [-0.15, -0.1) is 34.0 Å². The van der Waals surface area contributed by atoms with E-state index in [4.69, 9.17) is 12.6 Å². The smallest absolute Gasteiger partial charge is 0.0456 e. The van der Waals surface area contributed by atoms with Gasteiger partial charge < -0.3 is 0 Å². The molecule has 5 rings (SSSR count). The molecule has 0 saturated carbocycles. The van der Waals surface area contributed by atoms with Gasteiger partial charge in [-0.2, -0.15) is 12.6 Å². The third-order valence-electron chi connectivity index (χ3n) is 7.37. The van der Waals surface area contributed by atoms with Gasteiger partial charge in [0, 0.05) is 55.9 Å². The van der Waals surface area contributed by atoms with E-state index in [1.165, 1.54) is 99.5 Å². The number of halogens is 2. The van der Waals surface area contributed by atoms with Gasteiger partial charge in [0.2, 0.25) is 0 Å². The Morgan fingerprint density at radius 3 is 2.08 bits per heavy atom. The Morgan fingerprint density at radius 2 is 1.38 bits per heavy atom. The van der Waals surface area contributed by atoms with Crippen LogP contribution in [-0.2, 0) is 12.8 Å². The van der Waals surface area contributed by atoms with E-state index in [0.717, 1.165) is 19.3 Å². The predicted molar refractivity (Wildman–Crippen MR) is 191 cm³/mol. The van der Waals surface area contributed by atoms with Crippen LogP contribution in [0.5, 0.6) is 0 Å². The van der Waals surface area contributed by atoms with E-state index in [1.807, 2.05) is 34.0 Å². The molecule has 40 heavy (non-hydrogen) atoms. The second kappa shape index (κ2) is 15.0. The van der Waals surface area contributed by atoms with Crippen molar-refractivity contribution in [3.63, 3.8) is 0 Å². The van der Waals surface area contributed by atoms with Crippen LogP contribution >= 0.6 is 78.5 Å². The molecule has 5 aromatic rings. The first-order valence-corrected chi connectivity index (χ1v) is 18.9. The fourth-order valence-electron chi connectivity index (χ4n) is 5.10. The molecule has 1 unspecified atom stereocenters. The topological polar surface area (TPSA) is 0 Å². The zero-order chi connectivity index (χ0) is 27.9. The molecule has 6 heteroatoms. The average Bonchev–Trinajstić information content (AvgIpc) is 3.63. The van der Waals surface area contributed by atoms with Gasteiger partial charge in [-0.3, -0.25) is 0 Å². The number of hydrogen-bond donors (Lipinski definition) is 1. The average molecular weight is 733 g/mol. The molecule has 0 bridgehead atoms. The minimum atomic E-state index is 0.318. The Morgan fingerprint density at radius 1 is 0.700 bits per heavy atom. The molecule has 0 N–H and O–H groups in total. The Balaban J connectivity index is 1.16. The highest BCUT2D eigenvalue weighted by Crippen LogP contribution is 2.40. The quantitative estimate of drug-likeness (QED) is 0.0853. The van der Waals surface area contributed by atoms with Gasteiger partial charge in [0.05, 0.1) is 0 Å². The molecule has 210 valence electrons. The van der Waals surface area contributed by atoms with E-state index in [2.05, 4.69) is 106 Å². The van der Waals surface area contributed by atoms with E-state index < -0.39 is 0 Å². The van der Waals surface area contributed by atoms with Crippen LogP contribution in [0.3, 0.4) is 0 Å². The fraction of sp³-hybridized carbons (Fsp3) is 0.353. The van der Waals surface area contributed by atoms with Crippen molar-refractivity contribution in [2.24, 2.45) is 0 Å². The number of hydrogen-bond acceptors (Lipinski definition) is 4. The molecule has 0 spiro atoms. The molecular formula is C34H36Br2S4. The summed E-state index contributed by atoms with van der Waals surface area (Å²) in [5, 5.41) is 0.318. The summed E-state index contributed by atoms with van der Waals surface area (Å²) >= 11 is 18.4. The lowest BCUT2D eigenvalue weighted by atomic mass is 10.0. The lowest BCUT2D eigenvalue weighted by Crippen LogP contribution is -1.94. The standard InChI is InChI=1S/C34H36Br2S4/c1-2-3-4-5-6-7-11-14-30(37)25-16-15-24(28(35)18-25)17-26-20-33-34(38-26)21-27(39-33)19-32-29(36)22-31(40-32)23-12-9-8-10-13-23/h8-10,12-13,15-16,18,20-22,30,37H,2-7,11,14,17,19H2,1H3. The van der Waals surface area contributed by atoms with Gasteiger partial charge in [0.1, 0.15) is 0 Å². The Hall–Kier alpha value is -0.890. The maximum atomic E-state index is 4.94. The molecule has 0 aliphatic heterocycles. The number of thiol groups is 1. The number of fused-ring (bicyclic) bond motifs is 1. The van der Waals surface area contributed by atoms with Crippen molar-refractivity contribution in [3.05, 3.63) is 101 Å². The molecule has 3 heterocycles. The number of benzene rings is 2. The summed E-state index contributed by atoms with van der Waals surface area (Å²) in [5.74, 6) is 0. The van der Waals surface area contributed by atoms with Crippen molar-refractivity contribution in [2.45, 2.75) is 76.4 Å². The summed E-state index contributed by atoms with van der Waals surface area (Å²) in [6, 6.07) is 24.6. The molecule has 0 nitrogen and oxygen atoms in total. The van der Waals surface area contributed by atoms with E-state index >= 15 is 0 Å². The number of rotatable bonds is 14. The van der Waals surface area contributed by atoms with Gasteiger partial charge in [-0.05, 0) is 63.3 Å². The van der Waals surface area contributed by atoms with Gasteiger partial charge in [-0.25, -0.2) is 0 Å². The highest BCUT2D eigenvalue weighted by atomic mass is 79.9. The molecule has 0 saturated heterocycles. The molecule has 3 aromatic heterocycles. The first-order valence-electron chi connectivity index (χ1n) is 14.3. The molecule has 1 atom stereocenters. The summed E-state index contributed by atoms with van der Waals surface area (Å²) < 4.78 is 5.23. The normalized spacial score (nSPS) is 12.4. The Labute approximate surface area is 273 Å². The zero-order valence-corrected chi connectivity index (χ0v) is 29.4. The first-order chi connectivity index (χ1) is 19.5. The van der Waals surface area contributed by atoms with Crippen LogP contribution < -0.4 is 0 Å². The van der Waals surface area contributed by atoms with E-state index in [0.29, 0.717) is 5.25 Å². The second-order valence-electron chi connectivity index (χ2n) is 10.5. The van der Waals surface area contributed by atoms with Crippen LogP contribution in [-0.4, -0.2) is 0 Å². The van der Waals surface area contributed by atoms with Crippen molar-refractivity contribution >= 4 is 87.9 Å². The second-order valence-corrected chi connectivity index (χ2v) is 16.3. The third kappa shape index (κ3) is 8.14. The summed E-state index contributed by atoms with van der Waals surface area (Å²) in [6.07, 6.45) is 12.5. The number of thiophene rings is 3. The van der Waals surface area contributed by atoms with Crippen molar-refractivity contribution in [3.8, 4) is 10.4 Å². The maximum absolute atomic E-state index is 4.94. The molecule has 0 amide bonds. The van der Waals surface area contributed by atoms with Crippen molar-refractivity contribution in [2.75, 3.05) is 0 Å². The summed E-state index contributed by atoms with van der Waals surface area (Å²) in [5.41, 5.74) is 3.97. The lowest BCUT2D eigenvalue weighted by Gasteiger charge is -2.13. The Kier molecular flexibility index (Phi) is 11.5. The monoisotopic (exact) mass is 730 g/mol. The summed E-state index contributed by atoms with van der Waals surface area (Å²) in [7, 11) is 0. The van der Waals surface area contributed by atoms with Crippen molar-refractivity contribution < 1.29 is 0 Å². The molecule has 2 aromatic carbocycles.